The summed E-state index contributed by atoms with van der Waals surface area (Å²) in [5.74, 6) is 0.441. The summed E-state index contributed by atoms with van der Waals surface area (Å²) in [7, 11) is 0. The van der Waals surface area contributed by atoms with Crippen LogP contribution in [0.3, 0.4) is 0 Å². The molecule has 1 heterocycles. The number of rotatable bonds is 2. The van der Waals surface area contributed by atoms with Gasteiger partial charge in [-0.15, -0.1) is 0 Å². The smallest absolute Gasteiger partial charge is 0.413 e. The van der Waals surface area contributed by atoms with E-state index in [0.717, 1.165) is 5.56 Å². The zero-order valence-electron chi connectivity index (χ0n) is 10.6. The van der Waals surface area contributed by atoms with Crippen molar-refractivity contribution >= 4 is 11.9 Å². The van der Waals surface area contributed by atoms with Crippen LogP contribution < -0.4 is 5.32 Å². The molecule has 0 radical (unpaired) electrons. The number of carbonyl (C=O) groups excluding carboxylic acids is 1. The Morgan fingerprint density at radius 2 is 2.18 bits per heavy atom. The molecule has 0 aliphatic carbocycles. The minimum Gasteiger partial charge on any atom is -0.444 e. The second-order valence-corrected chi connectivity index (χ2v) is 4.79. The lowest BCUT2D eigenvalue weighted by molar-refractivity contribution is 0.0635. The van der Waals surface area contributed by atoms with Gasteiger partial charge in [-0.1, -0.05) is 0 Å². The maximum atomic E-state index is 11.5. The Labute approximate surface area is 101 Å². The quantitative estimate of drug-likeness (QED) is 0.828. The van der Waals surface area contributed by atoms with Crippen LogP contribution in [0.15, 0.2) is 12.3 Å². The van der Waals surface area contributed by atoms with Crippen LogP contribution in [0.2, 0.25) is 0 Å². The number of aryl methyl sites for hydroxylation is 1. The number of aromatic nitrogens is 1. The van der Waals surface area contributed by atoms with E-state index in [9.17, 15) is 4.79 Å². The Kier molecular flexibility index (Phi) is 4.07. The van der Waals surface area contributed by atoms with Crippen molar-refractivity contribution < 1.29 is 14.6 Å². The van der Waals surface area contributed by atoms with E-state index in [4.69, 9.17) is 9.84 Å². The number of ether oxygens (including phenoxy) is 1. The molecule has 5 heteroatoms. The first-order chi connectivity index (χ1) is 7.81. The maximum Gasteiger partial charge on any atom is 0.413 e. The van der Waals surface area contributed by atoms with Gasteiger partial charge in [0.2, 0.25) is 0 Å². The molecule has 1 aromatic heterocycles. The van der Waals surface area contributed by atoms with Gasteiger partial charge in [0.1, 0.15) is 11.4 Å². The van der Waals surface area contributed by atoms with Gasteiger partial charge in [-0.05, 0) is 44.9 Å². The Bertz CT molecular complexity index is 411. The van der Waals surface area contributed by atoms with E-state index in [0.29, 0.717) is 11.4 Å². The summed E-state index contributed by atoms with van der Waals surface area (Å²) in [6.45, 7) is 7.12. The molecular formula is C12H18N2O3. The first-order valence-electron chi connectivity index (χ1n) is 5.38. The SMILES string of the molecule is Cc1cc(CO)cnc1NC(=O)OC(C)(C)C. The molecule has 2 N–H and O–H groups in total. The molecule has 1 rings (SSSR count). The fourth-order valence-corrected chi connectivity index (χ4v) is 1.25. The Morgan fingerprint density at radius 1 is 1.53 bits per heavy atom. The zero-order valence-corrected chi connectivity index (χ0v) is 10.6. The first-order valence-corrected chi connectivity index (χ1v) is 5.38. The minimum atomic E-state index is -0.539. The van der Waals surface area contributed by atoms with Gasteiger partial charge in [0.15, 0.2) is 0 Å². The molecular weight excluding hydrogens is 220 g/mol. The van der Waals surface area contributed by atoms with E-state index in [1.165, 1.54) is 6.20 Å². The summed E-state index contributed by atoms with van der Waals surface area (Å²) in [6.07, 6.45) is 0.976. The van der Waals surface area contributed by atoms with Crippen molar-refractivity contribution in [1.82, 2.24) is 4.98 Å². The third kappa shape index (κ3) is 4.40. The molecule has 0 spiro atoms. The van der Waals surface area contributed by atoms with Crippen molar-refractivity contribution in [3.05, 3.63) is 23.4 Å². The number of aliphatic hydroxyl groups excluding tert-OH is 1. The Balaban J connectivity index is 2.72. The van der Waals surface area contributed by atoms with Crippen LogP contribution in [0.1, 0.15) is 31.9 Å². The third-order valence-electron chi connectivity index (χ3n) is 1.94. The van der Waals surface area contributed by atoms with Gasteiger partial charge in [0.25, 0.3) is 0 Å². The summed E-state index contributed by atoms with van der Waals surface area (Å²) in [5, 5.41) is 11.5. The Hall–Kier alpha value is -1.62. The first kappa shape index (κ1) is 13.4. The van der Waals surface area contributed by atoms with E-state index in [-0.39, 0.29) is 6.61 Å². The highest BCUT2D eigenvalue weighted by molar-refractivity contribution is 5.84. The largest absolute Gasteiger partial charge is 0.444 e. The summed E-state index contributed by atoms with van der Waals surface area (Å²) in [4.78, 5) is 15.6. The highest BCUT2D eigenvalue weighted by Crippen LogP contribution is 2.15. The number of hydrogen-bond acceptors (Lipinski definition) is 4. The highest BCUT2D eigenvalue weighted by Gasteiger charge is 2.17. The molecule has 0 aliphatic heterocycles. The van der Waals surface area contributed by atoms with E-state index >= 15 is 0 Å². The van der Waals surface area contributed by atoms with Crippen LogP contribution in [0.5, 0.6) is 0 Å². The van der Waals surface area contributed by atoms with Crippen LogP contribution in [0, 0.1) is 6.92 Å². The molecule has 5 nitrogen and oxygen atoms in total. The van der Waals surface area contributed by atoms with Gasteiger partial charge in [0, 0.05) is 6.20 Å². The van der Waals surface area contributed by atoms with Crippen LogP contribution in [-0.4, -0.2) is 21.8 Å². The average Bonchev–Trinajstić information content (AvgIpc) is 2.18. The van der Waals surface area contributed by atoms with E-state index < -0.39 is 11.7 Å². The molecule has 0 unspecified atom stereocenters. The van der Waals surface area contributed by atoms with Crippen molar-refractivity contribution in [1.29, 1.82) is 0 Å². The van der Waals surface area contributed by atoms with Gasteiger partial charge in [-0.3, -0.25) is 5.32 Å². The molecule has 1 amide bonds. The number of hydrogen-bond donors (Lipinski definition) is 2. The molecule has 17 heavy (non-hydrogen) atoms. The summed E-state index contributed by atoms with van der Waals surface area (Å²) in [6, 6.07) is 1.76. The van der Waals surface area contributed by atoms with E-state index in [2.05, 4.69) is 10.3 Å². The number of amides is 1. The van der Waals surface area contributed by atoms with E-state index in [1.807, 2.05) is 0 Å². The van der Waals surface area contributed by atoms with Crippen molar-refractivity contribution in [2.24, 2.45) is 0 Å². The molecule has 0 bridgehead atoms. The molecule has 0 saturated heterocycles. The molecule has 1 aromatic rings. The lowest BCUT2D eigenvalue weighted by Gasteiger charge is -2.19. The average molecular weight is 238 g/mol. The highest BCUT2D eigenvalue weighted by atomic mass is 16.6. The lowest BCUT2D eigenvalue weighted by atomic mass is 10.2. The van der Waals surface area contributed by atoms with Crippen LogP contribution in [0.25, 0.3) is 0 Å². The van der Waals surface area contributed by atoms with Crippen LogP contribution >= 0.6 is 0 Å². The predicted molar refractivity (Wildman–Crippen MR) is 64.8 cm³/mol. The number of aliphatic hydroxyl groups is 1. The summed E-state index contributed by atoms with van der Waals surface area (Å²) >= 11 is 0. The van der Waals surface area contributed by atoms with E-state index in [1.54, 1.807) is 33.8 Å². The Morgan fingerprint density at radius 3 is 2.65 bits per heavy atom. The number of carbonyl (C=O) groups is 1. The monoisotopic (exact) mass is 238 g/mol. The molecule has 94 valence electrons. The fraction of sp³-hybridized carbons (Fsp3) is 0.500. The third-order valence-corrected chi connectivity index (χ3v) is 1.94. The number of pyridine rings is 1. The topological polar surface area (TPSA) is 71.5 Å². The van der Waals surface area contributed by atoms with Gasteiger partial charge >= 0.3 is 6.09 Å². The van der Waals surface area contributed by atoms with Gasteiger partial charge in [0.05, 0.1) is 6.61 Å². The number of anilines is 1. The molecule has 0 atom stereocenters. The lowest BCUT2D eigenvalue weighted by Crippen LogP contribution is -2.27. The van der Waals surface area contributed by atoms with Gasteiger partial charge < -0.3 is 9.84 Å². The second-order valence-electron chi connectivity index (χ2n) is 4.79. The second kappa shape index (κ2) is 5.14. The van der Waals surface area contributed by atoms with Crippen molar-refractivity contribution in [3.63, 3.8) is 0 Å². The molecule has 0 aliphatic rings. The molecule has 0 fully saturated rings. The summed E-state index contributed by atoms with van der Waals surface area (Å²) < 4.78 is 5.11. The predicted octanol–water partition coefficient (Wildman–Crippen LogP) is 2.23. The number of nitrogens with zero attached hydrogens (tertiary/aromatic N) is 1. The zero-order chi connectivity index (χ0) is 13.1. The van der Waals surface area contributed by atoms with Crippen molar-refractivity contribution in [2.45, 2.75) is 39.9 Å². The van der Waals surface area contributed by atoms with Gasteiger partial charge in [-0.25, -0.2) is 9.78 Å². The summed E-state index contributed by atoms with van der Waals surface area (Å²) in [5.41, 5.74) is 0.947. The normalized spacial score (nSPS) is 11.1. The maximum absolute atomic E-state index is 11.5. The van der Waals surface area contributed by atoms with Crippen molar-refractivity contribution in [3.8, 4) is 0 Å². The van der Waals surface area contributed by atoms with Crippen molar-refractivity contribution in [2.75, 3.05) is 5.32 Å². The van der Waals surface area contributed by atoms with Crippen LogP contribution in [0.4, 0.5) is 10.6 Å². The molecule has 0 aromatic carbocycles. The number of nitrogens with one attached hydrogen (secondary N) is 1. The van der Waals surface area contributed by atoms with Crippen LogP contribution in [-0.2, 0) is 11.3 Å². The van der Waals surface area contributed by atoms with Gasteiger partial charge in [-0.2, -0.15) is 0 Å². The molecule has 0 saturated carbocycles. The minimum absolute atomic E-state index is 0.0689. The fourth-order valence-electron chi connectivity index (χ4n) is 1.25. The standard InChI is InChI=1S/C12H18N2O3/c1-8-5-9(7-15)6-13-10(8)14-11(16)17-12(2,3)4/h5-6,15H,7H2,1-4H3,(H,13,14,16).